The summed E-state index contributed by atoms with van der Waals surface area (Å²) in [5.74, 6) is 0.482. The molecule has 0 atom stereocenters. The van der Waals surface area contributed by atoms with Gasteiger partial charge in [0, 0.05) is 23.4 Å². The third-order valence-electron chi connectivity index (χ3n) is 4.12. The molecule has 2 N–H and O–H groups in total. The van der Waals surface area contributed by atoms with Crippen LogP contribution in [0, 0.1) is 12.7 Å². The van der Waals surface area contributed by atoms with E-state index in [1.807, 2.05) is 12.1 Å². The van der Waals surface area contributed by atoms with Crippen molar-refractivity contribution in [2.24, 2.45) is 0 Å². The SMILES string of the molecule is Cc1cc(-c2noc(CNc3ccc4c(c3)C(=O)NC4)n2)ccc1F. The van der Waals surface area contributed by atoms with Gasteiger partial charge < -0.3 is 15.2 Å². The molecule has 0 aliphatic carbocycles. The number of hydrogen-bond acceptors (Lipinski definition) is 5. The van der Waals surface area contributed by atoms with E-state index in [1.165, 1.54) is 6.07 Å². The molecule has 1 aromatic heterocycles. The van der Waals surface area contributed by atoms with E-state index in [4.69, 9.17) is 4.52 Å². The molecular formula is C18H15FN4O2. The Kier molecular flexibility index (Phi) is 3.68. The minimum absolute atomic E-state index is 0.0644. The van der Waals surface area contributed by atoms with Gasteiger partial charge in [0.2, 0.25) is 11.7 Å². The second kappa shape index (κ2) is 6.01. The molecular weight excluding hydrogens is 323 g/mol. The van der Waals surface area contributed by atoms with Crippen LogP contribution in [-0.4, -0.2) is 16.0 Å². The molecule has 6 nitrogen and oxygen atoms in total. The first-order valence-electron chi connectivity index (χ1n) is 7.84. The molecule has 0 saturated heterocycles. The summed E-state index contributed by atoms with van der Waals surface area (Å²) in [5, 5.41) is 9.87. The zero-order valence-electron chi connectivity index (χ0n) is 13.5. The lowest BCUT2D eigenvalue weighted by atomic mass is 10.1. The van der Waals surface area contributed by atoms with Gasteiger partial charge in [-0.25, -0.2) is 4.39 Å². The van der Waals surface area contributed by atoms with Crippen LogP contribution in [0.15, 0.2) is 40.9 Å². The van der Waals surface area contributed by atoms with Crippen LogP contribution in [0.5, 0.6) is 0 Å². The molecule has 1 aliphatic rings. The fourth-order valence-electron chi connectivity index (χ4n) is 2.73. The Labute approximate surface area is 143 Å². The molecule has 2 aromatic carbocycles. The molecule has 1 aliphatic heterocycles. The van der Waals surface area contributed by atoms with Crippen LogP contribution in [0.25, 0.3) is 11.4 Å². The molecule has 1 amide bonds. The highest BCUT2D eigenvalue weighted by molar-refractivity contribution is 5.99. The molecule has 4 rings (SSSR count). The van der Waals surface area contributed by atoms with E-state index in [0.717, 1.165) is 11.3 Å². The Balaban J connectivity index is 1.47. The first kappa shape index (κ1) is 15.3. The van der Waals surface area contributed by atoms with Gasteiger partial charge in [-0.15, -0.1) is 0 Å². The third-order valence-corrected chi connectivity index (χ3v) is 4.12. The summed E-state index contributed by atoms with van der Waals surface area (Å²) in [6.45, 7) is 2.58. The van der Waals surface area contributed by atoms with E-state index in [1.54, 1.807) is 25.1 Å². The summed E-state index contributed by atoms with van der Waals surface area (Å²) in [5.41, 5.74) is 3.69. The maximum atomic E-state index is 13.3. The normalized spacial score (nSPS) is 12.8. The number of fused-ring (bicyclic) bond motifs is 1. The maximum Gasteiger partial charge on any atom is 0.251 e. The lowest BCUT2D eigenvalue weighted by Crippen LogP contribution is -2.12. The highest BCUT2D eigenvalue weighted by Gasteiger charge is 2.18. The van der Waals surface area contributed by atoms with Gasteiger partial charge in [0.15, 0.2) is 0 Å². The van der Waals surface area contributed by atoms with Gasteiger partial charge in [0.25, 0.3) is 5.91 Å². The molecule has 2 heterocycles. The topological polar surface area (TPSA) is 80.0 Å². The van der Waals surface area contributed by atoms with Crippen LogP contribution < -0.4 is 10.6 Å². The first-order chi connectivity index (χ1) is 12.1. The fourth-order valence-corrected chi connectivity index (χ4v) is 2.73. The van der Waals surface area contributed by atoms with Crippen LogP contribution >= 0.6 is 0 Å². The Bertz CT molecular complexity index is 967. The summed E-state index contributed by atoms with van der Waals surface area (Å²) in [6.07, 6.45) is 0. The molecule has 0 unspecified atom stereocenters. The van der Waals surface area contributed by atoms with E-state index < -0.39 is 0 Å². The van der Waals surface area contributed by atoms with E-state index in [9.17, 15) is 9.18 Å². The highest BCUT2D eigenvalue weighted by atomic mass is 19.1. The summed E-state index contributed by atoms with van der Waals surface area (Å²) in [7, 11) is 0. The zero-order chi connectivity index (χ0) is 17.4. The summed E-state index contributed by atoms with van der Waals surface area (Å²) < 4.78 is 18.6. The predicted molar refractivity (Wildman–Crippen MR) is 89.4 cm³/mol. The monoisotopic (exact) mass is 338 g/mol. The lowest BCUT2D eigenvalue weighted by molar-refractivity contribution is 0.0966. The first-order valence-corrected chi connectivity index (χ1v) is 7.84. The van der Waals surface area contributed by atoms with E-state index in [-0.39, 0.29) is 11.7 Å². The van der Waals surface area contributed by atoms with Crippen LogP contribution in [0.3, 0.4) is 0 Å². The van der Waals surface area contributed by atoms with Crippen LogP contribution in [0.4, 0.5) is 10.1 Å². The van der Waals surface area contributed by atoms with Gasteiger partial charge in [-0.05, 0) is 48.4 Å². The standard InChI is InChI=1S/C18H15FN4O2/c1-10-6-11(3-5-15(10)19)17-22-16(25-23-17)9-20-13-4-2-12-8-21-18(24)14(12)7-13/h2-7,20H,8-9H2,1H3,(H,21,24). The van der Waals surface area contributed by atoms with E-state index in [2.05, 4.69) is 20.8 Å². The van der Waals surface area contributed by atoms with Crippen molar-refractivity contribution in [3.05, 3.63) is 64.8 Å². The molecule has 0 radical (unpaired) electrons. The van der Waals surface area contributed by atoms with E-state index >= 15 is 0 Å². The number of carbonyl (C=O) groups is 1. The van der Waals surface area contributed by atoms with Gasteiger partial charge in [-0.3, -0.25) is 4.79 Å². The van der Waals surface area contributed by atoms with Crippen molar-refractivity contribution >= 4 is 11.6 Å². The largest absolute Gasteiger partial charge is 0.376 e. The predicted octanol–water partition coefficient (Wildman–Crippen LogP) is 3.04. The van der Waals surface area contributed by atoms with Gasteiger partial charge in [-0.1, -0.05) is 11.2 Å². The molecule has 0 bridgehead atoms. The lowest BCUT2D eigenvalue weighted by Gasteiger charge is -2.04. The van der Waals surface area contributed by atoms with Crippen molar-refractivity contribution in [1.29, 1.82) is 0 Å². The minimum atomic E-state index is -0.269. The number of rotatable bonds is 4. The number of nitrogens with zero attached hydrogens (tertiary/aromatic N) is 2. The number of carbonyl (C=O) groups excluding carboxylic acids is 1. The van der Waals surface area contributed by atoms with Gasteiger partial charge >= 0.3 is 0 Å². The minimum Gasteiger partial charge on any atom is -0.376 e. The molecule has 0 spiro atoms. The fraction of sp³-hybridized carbons (Fsp3) is 0.167. The number of aryl methyl sites for hydroxylation is 1. The third kappa shape index (κ3) is 2.96. The van der Waals surface area contributed by atoms with Crippen molar-refractivity contribution in [3.63, 3.8) is 0 Å². The summed E-state index contributed by atoms with van der Waals surface area (Å²) >= 11 is 0. The van der Waals surface area contributed by atoms with E-state index in [0.29, 0.717) is 41.5 Å². The zero-order valence-corrected chi connectivity index (χ0v) is 13.5. The second-order valence-corrected chi connectivity index (χ2v) is 5.88. The van der Waals surface area contributed by atoms with Gasteiger partial charge in [0.1, 0.15) is 5.82 Å². The number of hydrogen-bond donors (Lipinski definition) is 2. The molecule has 3 aromatic rings. The summed E-state index contributed by atoms with van der Waals surface area (Å²) in [4.78, 5) is 16.0. The van der Waals surface area contributed by atoms with Crippen LogP contribution in [-0.2, 0) is 13.1 Å². The van der Waals surface area contributed by atoms with Crippen molar-refractivity contribution in [2.75, 3.05) is 5.32 Å². The molecule has 0 fully saturated rings. The average molecular weight is 338 g/mol. The second-order valence-electron chi connectivity index (χ2n) is 5.88. The number of anilines is 1. The maximum absolute atomic E-state index is 13.3. The quantitative estimate of drug-likeness (QED) is 0.764. The Morgan fingerprint density at radius 2 is 2.16 bits per heavy atom. The molecule has 25 heavy (non-hydrogen) atoms. The highest BCUT2D eigenvalue weighted by Crippen LogP contribution is 2.22. The number of nitrogens with one attached hydrogen (secondary N) is 2. The van der Waals surface area contributed by atoms with Crippen LogP contribution in [0.2, 0.25) is 0 Å². The average Bonchev–Trinajstić information content (AvgIpc) is 3.23. The van der Waals surface area contributed by atoms with Crippen molar-refractivity contribution < 1.29 is 13.7 Å². The number of benzene rings is 2. The number of aromatic nitrogens is 2. The number of halogens is 1. The van der Waals surface area contributed by atoms with Gasteiger partial charge in [0.05, 0.1) is 6.54 Å². The van der Waals surface area contributed by atoms with Gasteiger partial charge in [-0.2, -0.15) is 4.98 Å². The summed E-state index contributed by atoms with van der Waals surface area (Å²) in [6, 6.07) is 10.3. The van der Waals surface area contributed by atoms with Crippen LogP contribution in [0.1, 0.15) is 27.4 Å². The van der Waals surface area contributed by atoms with Crippen molar-refractivity contribution in [1.82, 2.24) is 15.5 Å². The number of amides is 1. The molecule has 126 valence electrons. The smallest absolute Gasteiger partial charge is 0.251 e. The molecule has 0 saturated carbocycles. The molecule has 7 heteroatoms. The Morgan fingerprint density at radius 1 is 1.28 bits per heavy atom. The Morgan fingerprint density at radius 3 is 3.00 bits per heavy atom. The van der Waals surface area contributed by atoms with Crippen molar-refractivity contribution in [3.8, 4) is 11.4 Å². The van der Waals surface area contributed by atoms with Crippen molar-refractivity contribution in [2.45, 2.75) is 20.0 Å². The Hall–Kier alpha value is -3.22.